The van der Waals surface area contributed by atoms with Gasteiger partial charge < -0.3 is 10.2 Å². The predicted octanol–water partition coefficient (Wildman–Crippen LogP) is 4.92. The van der Waals surface area contributed by atoms with E-state index in [1.165, 1.54) is 18.2 Å². The molecule has 1 saturated heterocycles. The molecule has 0 spiro atoms. The Morgan fingerprint density at radius 3 is 2.46 bits per heavy atom. The summed E-state index contributed by atoms with van der Waals surface area (Å²) in [5.41, 5.74) is 3.34. The Labute approximate surface area is 210 Å². The van der Waals surface area contributed by atoms with Crippen molar-refractivity contribution in [2.24, 2.45) is 0 Å². The van der Waals surface area contributed by atoms with Gasteiger partial charge in [-0.25, -0.2) is 8.42 Å². The Morgan fingerprint density at radius 1 is 1.06 bits per heavy atom. The highest BCUT2D eigenvalue weighted by Gasteiger charge is 2.28. The van der Waals surface area contributed by atoms with E-state index in [4.69, 9.17) is 11.6 Å². The van der Waals surface area contributed by atoms with Gasteiger partial charge in [0, 0.05) is 29.4 Å². The third-order valence-electron chi connectivity index (χ3n) is 5.85. The Hall–Kier alpha value is -3.36. The highest BCUT2D eigenvalue weighted by Crippen LogP contribution is 2.29. The van der Waals surface area contributed by atoms with Crippen molar-refractivity contribution >= 4 is 50.5 Å². The molecule has 4 rings (SSSR count). The number of anilines is 3. The number of nitrogens with one attached hydrogen (secondary N) is 1. The van der Waals surface area contributed by atoms with E-state index >= 15 is 0 Å². The maximum Gasteiger partial charge on any atom is 0.264 e. The predicted molar refractivity (Wildman–Crippen MR) is 139 cm³/mol. The SMILES string of the molecule is Cc1ccc(S(=O)(=O)N(CC(=O)Nc2ccc(C)c(N3CCCC3=O)c2)c2cccc(Cl)c2)cc1. The fourth-order valence-corrected chi connectivity index (χ4v) is 5.59. The summed E-state index contributed by atoms with van der Waals surface area (Å²) in [6, 6.07) is 18.1. The van der Waals surface area contributed by atoms with E-state index in [1.807, 2.05) is 19.9 Å². The Balaban J connectivity index is 1.62. The lowest BCUT2D eigenvalue weighted by Gasteiger charge is -2.25. The van der Waals surface area contributed by atoms with Gasteiger partial charge in [-0.3, -0.25) is 13.9 Å². The number of benzene rings is 3. The van der Waals surface area contributed by atoms with Crippen LogP contribution in [0.4, 0.5) is 17.1 Å². The van der Waals surface area contributed by atoms with E-state index in [2.05, 4.69) is 5.32 Å². The van der Waals surface area contributed by atoms with Crippen LogP contribution in [-0.4, -0.2) is 33.3 Å². The molecule has 0 unspecified atom stereocenters. The average molecular weight is 512 g/mol. The van der Waals surface area contributed by atoms with Crippen molar-refractivity contribution in [2.45, 2.75) is 31.6 Å². The molecule has 0 aliphatic carbocycles. The largest absolute Gasteiger partial charge is 0.324 e. The minimum absolute atomic E-state index is 0.0490. The van der Waals surface area contributed by atoms with Crippen molar-refractivity contribution in [1.82, 2.24) is 0 Å². The van der Waals surface area contributed by atoms with Crippen molar-refractivity contribution in [3.8, 4) is 0 Å². The monoisotopic (exact) mass is 511 g/mol. The zero-order valence-electron chi connectivity index (χ0n) is 19.5. The number of aryl methyl sites for hydroxylation is 2. The van der Waals surface area contributed by atoms with Crippen LogP contribution in [-0.2, 0) is 19.6 Å². The second-order valence-corrected chi connectivity index (χ2v) is 10.8. The van der Waals surface area contributed by atoms with E-state index in [1.54, 1.807) is 47.4 Å². The van der Waals surface area contributed by atoms with E-state index in [9.17, 15) is 18.0 Å². The highest BCUT2D eigenvalue weighted by molar-refractivity contribution is 7.92. The number of halogens is 1. The van der Waals surface area contributed by atoms with E-state index < -0.39 is 22.5 Å². The van der Waals surface area contributed by atoms with Crippen LogP contribution in [0.5, 0.6) is 0 Å². The van der Waals surface area contributed by atoms with E-state index in [0.717, 1.165) is 27.5 Å². The number of carbonyl (C=O) groups excluding carboxylic acids is 2. The van der Waals surface area contributed by atoms with Crippen LogP contribution >= 0.6 is 11.6 Å². The summed E-state index contributed by atoms with van der Waals surface area (Å²) in [5.74, 6) is -0.476. The summed E-state index contributed by atoms with van der Waals surface area (Å²) < 4.78 is 28.1. The number of sulfonamides is 1. The Bertz CT molecular complexity index is 1370. The summed E-state index contributed by atoms with van der Waals surface area (Å²) in [6.07, 6.45) is 1.29. The summed E-state index contributed by atoms with van der Waals surface area (Å²) in [5, 5.41) is 3.13. The number of hydrogen-bond donors (Lipinski definition) is 1. The van der Waals surface area contributed by atoms with Gasteiger partial charge in [-0.1, -0.05) is 41.4 Å². The van der Waals surface area contributed by atoms with Crippen molar-refractivity contribution < 1.29 is 18.0 Å². The van der Waals surface area contributed by atoms with Gasteiger partial charge in [-0.15, -0.1) is 0 Å². The molecule has 1 heterocycles. The first kappa shape index (κ1) is 24.8. The first-order valence-corrected chi connectivity index (χ1v) is 13.0. The molecule has 1 aliphatic rings. The molecular weight excluding hydrogens is 486 g/mol. The standard InChI is InChI=1S/C26H26ClN3O4S/c1-18-8-12-23(13-9-18)35(33,34)30(22-6-3-5-20(27)15-22)17-25(31)28-21-11-10-19(2)24(16-21)29-14-4-7-26(29)32/h3,5-6,8-13,15-16H,4,7,14,17H2,1-2H3,(H,28,31). The molecule has 3 aromatic carbocycles. The number of hydrogen-bond acceptors (Lipinski definition) is 4. The smallest absolute Gasteiger partial charge is 0.264 e. The maximum atomic E-state index is 13.5. The van der Waals surface area contributed by atoms with Crippen molar-refractivity contribution in [1.29, 1.82) is 0 Å². The molecule has 7 nitrogen and oxygen atoms in total. The van der Waals surface area contributed by atoms with Gasteiger partial charge in [0.15, 0.2) is 0 Å². The van der Waals surface area contributed by atoms with Crippen LogP contribution in [0.1, 0.15) is 24.0 Å². The van der Waals surface area contributed by atoms with Gasteiger partial charge >= 0.3 is 0 Å². The fraction of sp³-hybridized carbons (Fsp3) is 0.231. The van der Waals surface area contributed by atoms with Crippen LogP contribution in [0.2, 0.25) is 5.02 Å². The number of nitrogens with zero attached hydrogens (tertiary/aromatic N) is 2. The second kappa shape index (κ2) is 10.1. The van der Waals surface area contributed by atoms with Crippen molar-refractivity contribution in [2.75, 3.05) is 27.6 Å². The lowest BCUT2D eigenvalue weighted by atomic mass is 10.1. The lowest BCUT2D eigenvalue weighted by Crippen LogP contribution is -2.38. The summed E-state index contributed by atoms with van der Waals surface area (Å²) in [4.78, 5) is 27.1. The molecule has 0 saturated carbocycles. The van der Waals surface area contributed by atoms with Crippen LogP contribution in [0.3, 0.4) is 0 Å². The molecule has 0 aromatic heterocycles. The van der Waals surface area contributed by atoms with Gasteiger partial charge in [0.2, 0.25) is 11.8 Å². The molecule has 0 bridgehead atoms. The zero-order valence-corrected chi connectivity index (χ0v) is 21.1. The molecule has 182 valence electrons. The topological polar surface area (TPSA) is 86.8 Å². The number of rotatable bonds is 7. The number of amides is 2. The fourth-order valence-electron chi connectivity index (χ4n) is 4.00. The lowest BCUT2D eigenvalue weighted by molar-refractivity contribution is -0.117. The first-order chi connectivity index (χ1) is 16.6. The molecule has 3 aromatic rings. The van der Waals surface area contributed by atoms with Gasteiger partial charge in [0.25, 0.3) is 10.0 Å². The molecule has 0 radical (unpaired) electrons. The van der Waals surface area contributed by atoms with Crippen LogP contribution in [0.25, 0.3) is 0 Å². The van der Waals surface area contributed by atoms with Crippen LogP contribution in [0, 0.1) is 13.8 Å². The molecular formula is C26H26ClN3O4S. The quantitative estimate of drug-likeness (QED) is 0.488. The Kier molecular flexibility index (Phi) is 7.14. The molecule has 0 atom stereocenters. The first-order valence-electron chi connectivity index (χ1n) is 11.2. The molecule has 1 aliphatic heterocycles. The Morgan fingerprint density at radius 2 is 1.80 bits per heavy atom. The maximum absolute atomic E-state index is 13.5. The molecule has 1 fully saturated rings. The van der Waals surface area contributed by atoms with Gasteiger partial charge in [0.1, 0.15) is 6.54 Å². The van der Waals surface area contributed by atoms with E-state index in [-0.39, 0.29) is 16.5 Å². The molecule has 2 amide bonds. The van der Waals surface area contributed by atoms with Crippen LogP contribution < -0.4 is 14.5 Å². The van der Waals surface area contributed by atoms with Crippen LogP contribution in [0.15, 0.2) is 71.6 Å². The second-order valence-electron chi connectivity index (χ2n) is 8.50. The zero-order chi connectivity index (χ0) is 25.2. The van der Waals surface area contributed by atoms with Gasteiger partial charge in [-0.2, -0.15) is 0 Å². The minimum atomic E-state index is -4.05. The summed E-state index contributed by atoms with van der Waals surface area (Å²) in [6.45, 7) is 3.95. The normalized spacial score (nSPS) is 13.7. The highest BCUT2D eigenvalue weighted by atomic mass is 35.5. The van der Waals surface area contributed by atoms with E-state index in [0.29, 0.717) is 23.7 Å². The van der Waals surface area contributed by atoms with Crippen molar-refractivity contribution in [3.63, 3.8) is 0 Å². The third-order valence-corrected chi connectivity index (χ3v) is 7.87. The summed E-state index contributed by atoms with van der Waals surface area (Å²) in [7, 11) is -4.05. The van der Waals surface area contributed by atoms with Gasteiger partial charge in [0.05, 0.1) is 10.6 Å². The summed E-state index contributed by atoms with van der Waals surface area (Å²) >= 11 is 6.12. The van der Waals surface area contributed by atoms with Crippen molar-refractivity contribution in [3.05, 3.63) is 82.9 Å². The molecule has 1 N–H and O–H groups in total. The third kappa shape index (κ3) is 5.49. The van der Waals surface area contributed by atoms with Gasteiger partial charge in [-0.05, 0) is 68.3 Å². The molecule has 35 heavy (non-hydrogen) atoms. The average Bonchev–Trinajstić information content (AvgIpc) is 3.24. The number of carbonyl (C=O) groups is 2. The minimum Gasteiger partial charge on any atom is -0.324 e. The molecule has 9 heteroatoms.